The number of carbonyl (C=O) groups excluding carboxylic acids is 2. The van der Waals surface area contributed by atoms with Crippen molar-refractivity contribution in [1.82, 2.24) is 5.43 Å². The number of carbonyl (C=O) groups is 2. The molecule has 0 heterocycles. The number of benzene rings is 2. The van der Waals surface area contributed by atoms with Crippen molar-refractivity contribution in [3.63, 3.8) is 0 Å². The molecule has 0 aliphatic heterocycles. The zero-order valence-electron chi connectivity index (χ0n) is 12.8. The summed E-state index contributed by atoms with van der Waals surface area (Å²) in [6.07, 6.45) is 1.38. The highest BCUT2D eigenvalue weighted by Crippen LogP contribution is 2.17. The zero-order chi connectivity index (χ0) is 16.8. The van der Waals surface area contributed by atoms with Crippen molar-refractivity contribution < 1.29 is 9.59 Å². The molecule has 2 amide bonds. The summed E-state index contributed by atoms with van der Waals surface area (Å²) >= 11 is 5.96. The van der Waals surface area contributed by atoms with E-state index in [0.29, 0.717) is 16.3 Å². The number of rotatable bonds is 3. The molecule has 0 unspecified atom stereocenters. The Bertz CT molecular complexity index is 772. The quantitative estimate of drug-likeness (QED) is 0.516. The lowest BCUT2D eigenvalue weighted by atomic mass is 10.1. The largest absolute Gasteiger partial charge is 0.329 e. The Hall–Kier alpha value is -2.66. The molecule has 6 heteroatoms. The van der Waals surface area contributed by atoms with Crippen molar-refractivity contribution in [2.75, 3.05) is 5.32 Å². The third-order valence-corrected chi connectivity index (χ3v) is 3.68. The van der Waals surface area contributed by atoms with E-state index in [-0.39, 0.29) is 0 Å². The highest BCUT2D eigenvalue weighted by molar-refractivity contribution is 6.39. The van der Waals surface area contributed by atoms with Crippen molar-refractivity contribution in [3.8, 4) is 0 Å². The predicted octanol–water partition coefficient (Wildman–Crippen LogP) is 3.05. The van der Waals surface area contributed by atoms with E-state index in [9.17, 15) is 9.59 Å². The van der Waals surface area contributed by atoms with Crippen LogP contribution in [0.3, 0.4) is 0 Å². The maximum atomic E-state index is 11.9. The Kier molecular flexibility index (Phi) is 5.49. The Labute approximate surface area is 139 Å². The van der Waals surface area contributed by atoms with E-state index >= 15 is 0 Å². The highest BCUT2D eigenvalue weighted by atomic mass is 35.5. The van der Waals surface area contributed by atoms with Crippen LogP contribution in [0, 0.1) is 13.8 Å². The van der Waals surface area contributed by atoms with Crippen LogP contribution in [0.5, 0.6) is 0 Å². The van der Waals surface area contributed by atoms with Crippen molar-refractivity contribution >= 4 is 35.3 Å². The molecule has 2 aromatic carbocycles. The number of hydrazone groups is 1. The Morgan fingerprint density at radius 1 is 1.04 bits per heavy atom. The van der Waals surface area contributed by atoms with Gasteiger partial charge >= 0.3 is 11.8 Å². The summed E-state index contributed by atoms with van der Waals surface area (Å²) in [5.41, 5.74) is 5.35. The number of aryl methyl sites for hydroxylation is 1. The molecule has 0 aliphatic carbocycles. The van der Waals surface area contributed by atoms with Gasteiger partial charge < -0.3 is 5.32 Å². The topological polar surface area (TPSA) is 70.6 Å². The second kappa shape index (κ2) is 7.56. The molecule has 5 nitrogen and oxygen atoms in total. The molecule has 2 rings (SSSR count). The van der Waals surface area contributed by atoms with E-state index in [4.69, 9.17) is 11.6 Å². The van der Waals surface area contributed by atoms with Gasteiger partial charge in [0, 0.05) is 16.3 Å². The van der Waals surface area contributed by atoms with E-state index in [2.05, 4.69) is 15.8 Å². The lowest BCUT2D eigenvalue weighted by molar-refractivity contribution is -0.136. The lowest BCUT2D eigenvalue weighted by Gasteiger charge is -2.09. The molecule has 0 atom stereocenters. The first-order valence-corrected chi connectivity index (χ1v) is 7.32. The molecule has 0 fully saturated rings. The van der Waals surface area contributed by atoms with Crippen LogP contribution in [0.2, 0.25) is 5.02 Å². The summed E-state index contributed by atoms with van der Waals surface area (Å²) in [5, 5.41) is 6.80. The lowest BCUT2D eigenvalue weighted by Crippen LogP contribution is -2.32. The summed E-state index contributed by atoms with van der Waals surface area (Å²) in [4.78, 5) is 23.6. The smallest absolute Gasteiger partial charge is 0.317 e. The number of hydrogen-bond donors (Lipinski definition) is 2. The number of amides is 2. The Morgan fingerprint density at radius 3 is 2.52 bits per heavy atom. The van der Waals surface area contributed by atoms with Gasteiger partial charge in [0.05, 0.1) is 6.21 Å². The van der Waals surface area contributed by atoms with Gasteiger partial charge in [0.15, 0.2) is 0 Å². The normalized spacial score (nSPS) is 10.6. The van der Waals surface area contributed by atoms with Gasteiger partial charge in [-0.3, -0.25) is 9.59 Å². The molecule has 0 saturated carbocycles. The van der Waals surface area contributed by atoms with Crippen LogP contribution in [0.4, 0.5) is 5.69 Å². The fraction of sp³-hybridized carbons (Fsp3) is 0.118. The van der Waals surface area contributed by atoms with E-state index in [1.807, 2.05) is 26.0 Å². The van der Waals surface area contributed by atoms with Crippen molar-refractivity contribution in [1.29, 1.82) is 0 Å². The van der Waals surface area contributed by atoms with E-state index in [1.54, 1.807) is 30.3 Å². The molecule has 2 N–H and O–H groups in total. The number of hydrogen-bond acceptors (Lipinski definition) is 3. The fourth-order valence-electron chi connectivity index (χ4n) is 1.86. The molecule has 0 radical (unpaired) electrons. The summed E-state index contributed by atoms with van der Waals surface area (Å²) in [6.45, 7) is 3.80. The first kappa shape index (κ1) is 16.7. The SMILES string of the molecule is Cc1cccc(NC(=O)C(=O)N/N=C/c2ccccc2Cl)c1C. The van der Waals surface area contributed by atoms with Gasteiger partial charge in [0.1, 0.15) is 0 Å². The number of halogens is 1. The molecule has 118 valence electrons. The van der Waals surface area contributed by atoms with Crippen molar-refractivity contribution in [3.05, 3.63) is 64.2 Å². The molecule has 0 saturated heterocycles. The average molecular weight is 330 g/mol. The summed E-state index contributed by atoms with van der Waals surface area (Å²) in [7, 11) is 0. The molecule has 0 spiro atoms. The molecule has 23 heavy (non-hydrogen) atoms. The van der Waals surface area contributed by atoms with Crippen LogP contribution >= 0.6 is 11.6 Å². The maximum absolute atomic E-state index is 11.9. The Morgan fingerprint density at radius 2 is 1.78 bits per heavy atom. The van der Waals surface area contributed by atoms with Crippen LogP contribution in [0.1, 0.15) is 16.7 Å². The van der Waals surface area contributed by atoms with Crippen molar-refractivity contribution in [2.45, 2.75) is 13.8 Å². The molecular weight excluding hydrogens is 314 g/mol. The van der Waals surface area contributed by atoms with Crippen molar-refractivity contribution in [2.24, 2.45) is 5.10 Å². The van der Waals surface area contributed by atoms with E-state index in [0.717, 1.165) is 11.1 Å². The van der Waals surface area contributed by atoms with Gasteiger partial charge in [0.25, 0.3) is 0 Å². The standard InChI is InChI=1S/C17H16ClN3O2/c1-11-6-5-9-15(12(11)2)20-16(22)17(23)21-19-10-13-7-3-4-8-14(13)18/h3-10H,1-2H3,(H,20,22)(H,21,23)/b19-10+. The van der Waals surface area contributed by atoms with E-state index in [1.165, 1.54) is 6.21 Å². The van der Waals surface area contributed by atoms with Crippen LogP contribution in [-0.4, -0.2) is 18.0 Å². The predicted molar refractivity (Wildman–Crippen MR) is 91.7 cm³/mol. The minimum absolute atomic E-state index is 0.505. The number of nitrogens with zero attached hydrogens (tertiary/aromatic N) is 1. The van der Waals surface area contributed by atoms with Gasteiger partial charge in [-0.05, 0) is 37.1 Å². The fourth-order valence-corrected chi connectivity index (χ4v) is 2.04. The first-order valence-electron chi connectivity index (χ1n) is 6.94. The van der Waals surface area contributed by atoms with Gasteiger partial charge in [-0.1, -0.05) is 41.9 Å². The van der Waals surface area contributed by atoms with Crippen LogP contribution in [0.15, 0.2) is 47.6 Å². The molecule has 0 aliphatic rings. The third kappa shape index (κ3) is 4.40. The Balaban J connectivity index is 1.97. The first-order chi connectivity index (χ1) is 11.0. The second-order valence-electron chi connectivity index (χ2n) is 4.92. The third-order valence-electron chi connectivity index (χ3n) is 3.33. The number of anilines is 1. The monoisotopic (exact) mass is 329 g/mol. The minimum Gasteiger partial charge on any atom is -0.317 e. The van der Waals surface area contributed by atoms with Gasteiger partial charge in [-0.25, -0.2) is 5.43 Å². The summed E-state index contributed by atoms with van der Waals surface area (Å²) in [5.74, 6) is -1.63. The highest BCUT2D eigenvalue weighted by Gasteiger charge is 2.14. The molecule has 2 aromatic rings. The van der Waals surface area contributed by atoms with Gasteiger partial charge in [-0.15, -0.1) is 0 Å². The zero-order valence-corrected chi connectivity index (χ0v) is 13.5. The molecular formula is C17H16ClN3O2. The van der Waals surface area contributed by atoms with Gasteiger partial charge in [-0.2, -0.15) is 5.10 Å². The molecule has 0 aromatic heterocycles. The van der Waals surface area contributed by atoms with Crippen LogP contribution in [-0.2, 0) is 9.59 Å². The average Bonchev–Trinajstić information content (AvgIpc) is 2.53. The maximum Gasteiger partial charge on any atom is 0.329 e. The number of nitrogens with one attached hydrogen (secondary N) is 2. The van der Waals surface area contributed by atoms with Crippen LogP contribution < -0.4 is 10.7 Å². The van der Waals surface area contributed by atoms with Gasteiger partial charge in [0.2, 0.25) is 0 Å². The van der Waals surface area contributed by atoms with E-state index < -0.39 is 11.8 Å². The molecule has 0 bridgehead atoms. The summed E-state index contributed by atoms with van der Waals surface area (Å²) in [6, 6.07) is 12.5. The van der Waals surface area contributed by atoms with Crippen LogP contribution in [0.25, 0.3) is 0 Å². The second-order valence-corrected chi connectivity index (χ2v) is 5.33. The summed E-state index contributed by atoms with van der Waals surface area (Å²) < 4.78 is 0. The minimum atomic E-state index is -0.853.